The number of H-pyrrole nitrogens is 1. The molecule has 1 aromatic heterocycles. The number of nitrogens with one attached hydrogen (secondary N) is 3. The number of aliphatic imine (C=N–C) groups is 1. The van der Waals surface area contributed by atoms with Crippen LogP contribution in [0.4, 0.5) is 0 Å². The molecule has 6 nitrogen and oxygen atoms in total. The fourth-order valence-corrected chi connectivity index (χ4v) is 3.69. The van der Waals surface area contributed by atoms with Crippen LogP contribution in [-0.2, 0) is 6.42 Å². The maximum Gasteiger partial charge on any atom is 0.191 e. The summed E-state index contributed by atoms with van der Waals surface area (Å²) in [5, 5.41) is 7.02. The molecule has 1 aliphatic rings. The third-order valence-corrected chi connectivity index (χ3v) is 5.09. The number of aryl methyl sites for hydroxylation is 1. The minimum atomic E-state index is 0.534. The van der Waals surface area contributed by atoms with E-state index in [4.69, 9.17) is 4.99 Å². The third kappa shape index (κ3) is 5.96. The zero-order valence-electron chi connectivity index (χ0n) is 16.8. The maximum absolute atomic E-state index is 4.77. The average molecular weight is 371 g/mol. The predicted molar refractivity (Wildman–Crippen MR) is 113 cm³/mol. The molecule has 1 saturated heterocycles. The second-order valence-electron chi connectivity index (χ2n) is 7.33. The summed E-state index contributed by atoms with van der Waals surface area (Å²) in [5.41, 5.74) is 2.15. The van der Waals surface area contributed by atoms with Crippen molar-refractivity contribution in [1.82, 2.24) is 25.5 Å². The van der Waals surface area contributed by atoms with Crippen LogP contribution in [0.2, 0.25) is 0 Å². The Kier molecular flexibility index (Phi) is 7.51. The lowest BCUT2D eigenvalue weighted by Gasteiger charge is -2.32. The third-order valence-electron chi connectivity index (χ3n) is 5.09. The van der Waals surface area contributed by atoms with Crippen molar-refractivity contribution in [2.45, 2.75) is 52.0 Å². The average Bonchev–Trinajstić information content (AvgIpc) is 3.10. The van der Waals surface area contributed by atoms with E-state index in [1.807, 2.05) is 18.2 Å². The predicted octanol–water partition coefficient (Wildman–Crippen LogP) is 2.93. The molecule has 6 heteroatoms. The van der Waals surface area contributed by atoms with E-state index < -0.39 is 0 Å². The first-order valence-corrected chi connectivity index (χ1v) is 10.5. The quantitative estimate of drug-likeness (QED) is 0.380. The minimum Gasteiger partial charge on any atom is -0.357 e. The number of hydrogen-bond acceptors (Lipinski definition) is 3. The number of fused-ring (bicyclic) bond motifs is 1. The topological polar surface area (TPSA) is 68.3 Å². The molecule has 0 spiro atoms. The summed E-state index contributed by atoms with van der Waals surface area (Å²) in [5.74, 6) is 2.00. The monoisotopic (exact) mass is 370 g/mol. The van der Waals surface area contributed by atoms with Crippen molar-refractivity contribution < 1.29 is 0 Å². The second-order valence-corrected chi connectivity index (χ2v) is 7.33. The van der Waals surface area contributed by atoms with Gasteiger partial charge in [-0.15, -0.1) is 0 Å². The number of nitrogens with zero attached hydrogens (tertiary/aromatic N) is 3. The smallest absolute Gasteiger partial charge is 0.191 e. The molecule has 2 heterocycles. The van der Waals surface area contributed by atoms with Crippen molar-refractivity contribution in [3.8, 4) is 0 Å². The van der Waals surface area contributed by atoms with Crippen LogP contribution in [0.15, 0.2) is 29.3 Å². The minimum absolute atomic E-state index is 0.534. The van der Waals surface area contributed by atoms with E-state index in [0.29, 0.717) is 6.04 Å². The fourth-order valence-electron chi connectivity index (χ4n) is 3.69. The SMILES string of the molecule is CCCN1CCC(NC(=NCCCc2nc3ccccc3[nH]2)NCC)CC1. The van der Waals surface area contributed by atoms with Crippen molar-refractivity contribution in [2.24, 2.45) is 4.99 Å². The van der Waals surface area contributed by atoms with Crippen molar-refractivity contribution >= 4 is 17.0 Å². The van der Waals surface area contributed by atoms with Gasteiger partial charge in [-0.2, -0.15) is 0 Å². The Morgan fingerprint density at radius 2 is 2.07 bits per heavy atom. The zero-order valence-corrected chi connectivity index (χ0v) is 16.8. The Bertz CT molecular complexity index is 681. The molecular formula is C21H34N6. The molecule has 1 aliphatic heterocycles. The van der Waals surface area contributed by atoms with Gasteiger partial charge in [-0.05, 0) is 51.3 Å². The highest BCUT2D eigenvalue weighted by atomic mass is 15.2. The van der Waals surface area contributed by atoms with Gasteiger partial charge in [-0.3, -0.25) is 4.99 Å². The number of aromatic amines is 1. The van der Waals surface area contributed by atoms with E-state index in [1.165, 1.54) is 38.9 Å². The van der Waals surface area contributed by atoms with Gasteiger partial charge in [0.15, 0.2) is 5.96 Å². The van der Waals surface area contributed by atoms with Crippen LogP contribution < -0.4 is 10.6 Å². The molecule has 1 fully saturated rings. The Balaban J connectivity index is 1.44. The summed E-state index contributed by atoms with van der Waals surface area (Å²) in [6, 6.07) is 8.72. The molecule has 0 bridgehead atoms. The number of aromatic nitrogens is 2. The molecule has 3 N–H and O–H groups in total. The number of para-hydroxylation sites is 2. The van der Waals surface area contributed by atoms with Gasteiger partial charge in [0, 0.05) is 38.6 Å². The number of benzene rings is 1. The van der Waals surface area contributed by atoms with E-state index in [9.17, 15) is 0 Å². The largest absolute Gasteiger partial charge is 0.357 e. The maximum atomic E-state index is 4.77. The Morgan fingerprint density at radius 1 is 1.26 bits per heavy atom. The molecule has 0 atom stereocenters. The molecule has 0 aliphatic carbocycles. The molecule has 3 rings (SSSR count). The van der Waals surface area contributed by atoms with Crippen LogP contribution >= 0.6 is 0 Å². The van der Waals surface area contributed by atoms with Gasteiger partial charge in [0.2, 0.25) is 0 Å². The van der Waals surface area contributed by atoms with Crippen LogP contribution in [0.3, 0.4) is 0 Å². The van der Waals surface area contributed by atoms with Crippen molar-refractivity contribution in [3.63, 3.8) is 0 Å². The molecule has 0 saturated carbocycles. The van der Waals surface area contributed by atoms with Gasteiger partial charge in [0.05, 0.1) is 11.0 Å². The Morgan fingerprint density at radius 3 is 2.81 bits per heavy atom. The van der Waals surface area contributed by atoms with Crippen molar-refractivity contribution in [3.05, 3.63) is 30.1 Å². The molecule has 0 radical (unpaired) electrons. The summed E-state index contributed by atoms with van der Waals surface area (Å²) in [7, 11) is 0. The number of hydrogen-bond donors (Lipinski definition) is 3. The van der Waals surface area contributed by atoms with Crippen LogP contribution in [0.25, 0.3) is 11.0 Å². The first-order valence-electron chi connectivity index (χ1n) is 10.5. The first kappa shape index (κ1) is 19.7. The van der Waals surface area contributed by atoms with Crippen LogP contribution in [-0.4, -0.2) is 59.6 Å². The molecular weight excluding hydrogens is 336 g/mol. The molecule has 27 heavy (non-hydrogen) atoms. The molecule has 0 unspecified atom stereocenters. The first-order chi connectivity index (χ1) is 13.3. The lowest BCUT2D eigenvalue weighted by Crippen LogP contribution is -2.48. The van der Waals surface area contributed by atoms with Crippen LogP contribution in [0.1, 0.15) is 45.4 Å². The standard InChI is InChI=1S/C21H34N6/c1-3-14-27-15-11-17(12-16-27)24-21(22-4-2)23-13-7-10-20-25-18-8-5-6-9-19(18)26-20/h5-6,8-9,17H,3-4,7,10-16H2,1-2H3,(H,25,26)(H2,22,23,24). The summed E-state index contributed by atoms with van der Waals surface area (Å²) >= 11 is 0. The highest BCUT2D eigenvalue weighted by molar-refractivity contribution is 5.80. The van der Waals surface area contributed by atoms with E-state index in [0.717, 1.165) is 48.7 Å². The second kappa shape index (κ2) is 10.3. The molecule has 1 aromatic carbocycles. The lowest BCUT2D eigenvalue weighted by atomic mass is 10.1. The van der Waals surface area contributed by atoms with E-state index in [2.05, 4.69) is 45.4 Å². The molecule has 0 amide bonds. The summed E-state index contributed by atoms with van der Waals surface area (Å²) in [6.07, 6.45) is 5.55. The Labute approximate surface area is 162 Å². The van der Waals surface area contributed by atoms with Crippen LogP contribution in [0.5, 0.6) is 0 Å². The number of guanidine groups is 1. The van der Waals surface area contributed by atoms with Gasteiger partial charge in [-0.1, -0.05) is 19.1 Å². The van der Waals surface area contributed by atoms with Gasteiger partial charge in [-0.25, -0.2) is 4.98 Å². The number of imidazole rings is 1. The number of piperidine rings is 1. The highest BCUT2D eigenvalue weighted by Crippen LogP contribution is 2.12. The van der Waals surface area contributed by atoms with Gasteiger partial charge >= 0.3 is 0 Å². The molecule has 148 valence electrons. The van der Waals surface area contributed by atoms with E-state index in [-0.39, 0.29) is 0 Å². The number of likely N-dealkylation sites (tertiary alicyclic amines) is 1. The van der Waals surface area contributed by atoms with E-state index in [1.54, 1.807) is 0 Å². The molecule has 2 aromatic rings. The normalized spacial score (nSPS) is 16.7. The van der Waals surface area contributed by atoms with Crippen molar-refractivity contribution in [2.75, 3.05) is 32.7 Å². The van der Waals surface area contributed by atoms with Crippen molar-refractivity contribution in [1.29, 1.82) is 0 Å². The number of rotatable bonds is 8. The van der Waals surface area contributed by atoms with Crippen LogP contribution in [0, 0.1) is 0 Å². The highest BCUT2D eigenvalue weighted by Gasteiger charge is 2.19. The van der Waals surface area contributed by atoms with E-state index >= 15 is 0 Å². The van der Waals surface area contributed by atoms with Gasteiger partial charge < -0.3 is 20.5 Å². The summed E-state index contributed by atoms with van der Waals surface area (Å²) in [6.45, 7) is 9.68. The lowest BCUT2D eigenvalue weighted by molar-refractivity contribution is 0.206. The fraction of sp³-hybridized carbons (Fsp3) is 0.619. The Hall–Kier alpha value is -2.08. The summed E-state index contributed by atoms with van der Waals surface area (Å²) < 4.78 is 0. The van der Waals surface area contributed by atoms with Gasteiger partial charge in [0.25, 0.3) is 0 Å². The zero-order chi connectivity index (χ0) is 18.9. The van der Waals surface area contributed by atoms with Gasteiger partial charge in [0.1, 0.15) is 5.82 Å². The summed E-state index contributed by atoms with van der Waals surface area (Å²) in [4.78, 5) is 15.4.